The second kappa shape index (κ2) is 9.68. The van der Waals surface area contributed by atoms with Gasteiger partial charge < -0.3 is 9.88 Å². The SMILES string of the molecule is c1ccc(CNCc2cn(C(c3ccccc3)(c3ccccc3)c3ccccc3)cn2)cc1. The second-order valence-electron chi connectivity index (χ2n) is 8.17. The summed E-state index contributed by atoms with van der Waals surface area (Å²) < 4.78 is 2.26. The lowest BCUT2D eigenvalue weighted by Crippen LogP contribution is -2.37. The molecule has 162 valence electrons. The van der Waals surface area contributed by atoms with Crippen molar-refractivity contribution in [2.45, 2.75) is 18.6 Å². The maximum Gasteiger partial charge on any atom is 0.121 e. The Labute approximate surface area is 195 Å². The molecule has 5 aromatic rings. The van der Waals surface area contributed by atoms with Crippen LogP contribution in [0.25, 0.3) is 0 Å². The molecule has 0 amide bonds. The molecule has 0 aliphatic heterocycles. The zero-order valence-corrected chi connectivity index (χ0v) is 18.5. The van der Waals surface area contributed by atoms with Crippen LogP contribution < -0.4 is 5.32 Å². The van der Waals surface area contributed by atoms with E-state index in [4.69, 9.17) is 4.98 Å². The Bertz CT molecular complexity index is 1170. The van der Waals surface area contributed by atoms with E-state index in [9.17, 15) is 0 Å². The molecule has 1 aromatic heterocycles. The van der Waals surface area contributed by atoms with Crippen LogP contribution in [-0.2, 0) is 18.6 Å². The molecule has 0 atom stereocenters. The van der Waals surface area contributed by atoms with E-state index in [1.165, 1.54) is 22.3 Å². The van der Waals surface area contributed by atoms with Crippen LogP contribution in [0.2, 0.25) is 0 Å². The molecule has 33 heavy (non-hydrogen) atoms. The van der Waals surface area contributed by atoms with E-state index in [1.54, 1.807) is 0 Å². The normalized spacial score (nSPS) is 11.4. The predicted molar refractivity (Wildman–Crippen MR) is 134 cm³/mol. The summed E-state index contributed by atoms with van der Waals surface area (Å²) in [4.78, 5) is 4.79. The molecule has 0 bridgehead atoms. The number of hydrogen-bond donors (Lipinski definition) is 1. The Kier molecular flexibility index (Phi) is 6.14. The minimum absolute atomic E-state index is 0.519. The highest BCUT2D eigenvalue weighted by molar-refractivity contribution is 5.50. The summed E-state index contributed by atoms with van der Waals surface area (Å²) in [5.74, 6) is 0. The highest BCUT2D eigenvalue weighted by Gasteiger charge is 2.38. The summed E-state index contributed by atoms with van der Waals surface area (Å²) >= 11 is 0. The van der Waals surface area contributed by atoms with Crippen molar-refractivity contribution < 1.29 is 0 Å². The summed E-state index contributed by atoms with van der Waals surface area (Å²) in [6.07, 6.45) is 4.14. The van der Waals surface area contributed by atoms with Gasteiger partial charge in [-0.05, 0) is 22.3 Å². The Morgan fingerprint density at radius 2 is 1.03 bits per heavy atom. The Hall–Kier alpha value is -3.95. The summed E-state index contributed by atoms with van der Waals surface area (Å²) in [7, 11) is 0. The lowest BCUT2D eigenvalue weighted by Gasteiger charge is -2.37. The quantitative estimate of drug-likeness (QED) is 0.306. The van der Waals surface area contributed by atoms with Gasteiger partial charge in [0.2, 0.25) is 0 Å². The molecule has 0 radical (unpaired) electrons. The average molecular weight is 430 g/mol. The van der Waals surface area contributed by atoms with Crippen LogP contribution in [0.15, 0.2) is 134 Å². The molecule has 4 aromatic carbocycles. The molecule has 0 saturated carbocycles. The molecule has 1 N–H and O–H groups in total. The molecule has 0 saturated heterocycles. The molecule has 1 heterocycles. The van der Waals surface area contributed by atoms with Gasteiger partial charge in [0, 0.05) is 19.3 Å². The van der Waals surface area contributed by atoms with Crippen molar-refractivity contribution in [1.29, 1.82) is 0 Å². The topological polar surface area (TPSA) is 29.9 Å². The zero-order valence-electron chi connectivity index (χ0n) is 18.5. The summed E-state index contributed by atoms with van der Waals surface area (Å²) in [5.41, 5.74) is 5.35. The molecule has 0 aliphatic rings. The number of nitrogens with one attached hydrogen (secondary N) is 1. The average Bonchev–Trinajstić information content (AvgIpc) is 3.36. The van der Waals surface area contributed by atoms with Crippen LogP contribution in [0, 0.1) is 0 Å². The first-order valence-corrected chi connectivity index (χ1v) is 11.3. The lowest BCUT2D eigenvalue weighted by atomic mass is 9.77. The summed E-state index contributed by atoms with van der Waals surface area (Å²) in [5, 5.41) is 3.53. The van der Waals surface area contributed by atoms with Crippen molar-refractivity contribution in [3.8, 4) is 0 Å². The number of rotatable bonds is 8. The van der Waals surface area contributed by atoms with E-state index < -0.39 is 5.54 Å². The Morgan fingerprint density at radius 3 is 1.52 bits per heavy atom. The third kappa shape index (κ3) is 4.23. The first kappa shape index (κ1) is 20.9. The van der Waals surface area contributed by atoms with Crippen LogP contribution in [-0.4, -0.2) is 9.55 Å². The van der Waals surface area contributed by atoms with Gasteiger partial charge in [0.15, 0.2) is 0 Å². The van der Waals surface area contributed by atoms with Crippen LogP contribution in [0.5, 0.6) is 0 Å². The maximum atomic E-state index is 4.79. The molecule has 5 rings (SSSR count). The highest BCUT2D eigenvalue weighted by atomic mass is 15.1. The second-order valence-corrected chi connectivity index (χ2v) is 8.17. The summed E-state index contributed by atoms with van der Waals surface area (Å²) in [6, 6.07) is 42.5. The molecule has 3 heteroatoms. The fourth-order valence-corrected chi connectivity index (χ4v) is 4.55. The first-order chi connectivity index (χ1) is 16.4. The smallest absolute Gasteiger partial charge is 0.121 e. The number of aromatic nitrogens is 2. The van der Waals surface area contributed by atoms with Crippen LogP contribution in [0.3, 0.4) is 0 Å². The van der Waals surface area contributed by atoms with Crippen molar-refractivity contribution in [1.82, 2.24) is 14.9 Å². The van der Waals surface area contributed by atoms with Gasteiger partial charge in [-0.25, -0.2) is 4.98 Å². The van der Waals surface area contributed by atoms with E-state index in [0.717, 1.165) is 12.2 Å². The van der Waals surface area contributed by atoms with Crippen molar-refractivity contribution in [3.63, 3.8) is 0 Å². The Balaban J connectivity index is 1.57. The van der Waals surface area contributed by atoms with Gasteiger partial charge in [-0.3, -0.25) is 0 Å². The van der Waals surface area contributed by atoms with Gasteiger partial charge in [-0.2, -0.15) is 0 Å². The van der Waals surface area contributed by atoms with Crippen LogP contribution >= 0.6 is 0 Å². The fourth-order valence-electron chi connectivity index (χ4n) is 4.55. The first-order valence-electron chi connectivity index (χ1n) is 11.3. The molecule has 0 fully saturated rings. The monoisotopic (exact) mass is 429 g/mol. The third-order valence-corrected chi connectivity index (χ3v) is 6.08. The van der Waals surface area contributed by atoms with E-state index >= 15 is 0 Å². The van der Waals surface area contributed by atoms with Gasteiger partial charge in [0.25, 0.3) is 0 Å². The molecular formula is C30H27N3. The maximum absolute atomic E-state index is 4.79. The van der Waals surface area contributed by atoms with Crippen molar-refractivity contribution in [2.75, 3.05) is 0 Å². The van der Waals surface area contributed by atoms with E-state index in [2.05, 4.69) is 131 Å². The highest BCUT2D eigenvalue weighted by Crippen LogP contribution is 2.40. The minimum atomic E-state index is -0.519. The van der Waals surface area contributed by atoms with Gasteiger partial charge >= 0.3 is 0 Å². The summed E-state index contributed by atoms with van der Waals surface area (Å²) in [6.45, 7) is 1.52. The molecule has 3 nitrogen and oxygen atoms in total. The number of nitrogens with zero attached hydrogens (tertiary/aromatic N) is 2. The number of imidazole rings is 1. The molecule has 0 unspecified atom stereocenters. The number of hydrogen-bond acceptors (Lipinski definition) is 2. The van der Waals surface area contributed by atoms with E-state index in [0.29, 0.717) is 6.54 Å². The molecular weight excluding hydrogens is 402 g/mol. The van der Waals surface area contributed by atoms with Crippen LogP contribution in [0.4, 0.5) is 0 Å². The number of benzene rings is 4. The van der Waals surface area contributed by atoms with Crippen molar-refractivity contribution in [2.24, 2.45) is 0 Å². The van der Waals surface area contributed by atoms with Crippen molar-refractivity contribution >= 4 is 0 Å². The van der Waals surface area contributed by atoms with E-state index in [1.807, 2.05) is 12.4 Å². The van der Waals surface area contributed by atoms with Gasteiger partial charge in [0.1, 0.15) is 5.54 Å². The van der Waals surface area contributed by atoms with Crippen molar-refractivity contribution in [3.05, 3.63) is 162 Å². The largest absolute Gasteiger partial charge is 0.319 e. The standard InChI is InChI=1S/C30H27N3/c1-5-13-25(14-6-1)21-31-22-29-23-33(24-32-29)30(26-15-7-2-8-16-26,27-17-9-3-10-18-27)28-19-11-4-12-20-28/h1-20,23-24,31H,21-22H2. The Morgan fingerprint density at radius 1 is 0.576 bits per heavy atom. The fraction of sp³-hybridized carbons (Fsp3) is 0.100. The van der Waals surface area contributed by atoms with Gasteiger partial charge in [0.05, 0.1) is 12.0 Å². The third-order valence-electron chi connectivity index (χ3n) is 6.08. The lowest BCUT2D eigenvalue weighted by molar-refractivity contribution is 0.514. The van der Waals surface area contributed by atoms with Gasteiger partial charge in [-0.15, -0.1) is 0 Å². The van der Waals surface area contributed by atoms with E-state index in [-0.39, 0.29) is 0 Å². The van der Waals surface area contributed by atoms with Crippen LogP contribution in [0.1, 0.15) is 27.9 Å². The molecule has 0 spiro atoms. The zero-order chi connectivity index (χ0) is 22.3. The van der Waals surface area contributed by atoms with Gasteiger partial charge in [-0.1, -0.05) is 121 Å². The molecule has 0 aliphatic carbocycles. The predicted octanol–water partition coefficient (Wildman–Crippen LogP) is 6.01. The minimum Gasteiger partial charge on any atom is -0.319 e.